The lowest BCUT2D eigenvalue weighted by Crippen LogP contribution is -2.19. The summed E-state index contributed by atoms with van der Waals surface area (Å²) in [5.41, 5.74) is 2.98. The van der Waals surface area contributed by atoms with Crippen LogP contribution in [-0.4, -0.2) is 37.3 Å². The molecule has 3 aromatic rings. The van der Waals surface area contributed by atoms with Crippen LogP contribution in [-0.2, 0) is 16.0 Å². The molecule has 0 atom stereocenters. The topological polar surface area (TPSA) is 69.9 Å². The van der Waals surface area contributed by atoms with Crippen molar-refractivity contribution in [3.8, 4) is 0 Å². The maximum atomic E-state index is 12.6. The van der Waals surface area contributed by atoms with Crippen molar-refractivity contribution in [2.45, 2.75) is 13.5 Å². The summed E-state index contributed by atoms with van der Waals surface area (Å²) in [5, 5.41) is 0. The van der Waals surface area contributed by atoms with Crippen LogP contribution in [0.1, 0.15) is 26.3 Å². The molecule has 0 radical (unpaired) electrons. The second-order valence-corrected chi connectivity index (χ2v) is 7.00. The fraction of sp³-hybridized carbons (Fsp3) is 0.250. The van der Waals surface area contributed by atoms with E-state index in [-0.39, 0.29) is 5.91 Å². The van der Waals surface area contributed by atoms with Gasteiger partial charge in [-0.15, -0.1) is 0 Å². The lowest BCUT2D eigenvalue weighted by molar-refractivity contribution is 0.0600. The second-order valence-electron chi connectivity index (χ2n) is 5.99. The summed E-state index contributed by atoms with van der Waals surface area (Å²) in [6, 6.07) is 12.4. The van der Waals surface area contributed by atoms with Gasteiger partial charge in [0.1, 0.15) is 0 Å². The van der Waals surface area contributed by atoms with Crippen LogP contribution >= 0.6 is 11.3 Å². The Morgan fingerprint density at radius 3 is 2.44 bits per heavy atom. The van der Waals surface area contributed by atoms with E-state index in [4.69, 9.17) is 4.74 Å². The van der Waals surface area contributed by atoms with Crippen LogP contribution in [0, 0.1) is 6.92 Å². The molecule has 0 saturated carbocycles. The van der Waals surface area contributed by atoms with E-state index >= 15 is 0 Å². The fourth-order valence-electron chi connectivity index (χ4n) is 2.68. The molecule has 0 unspecified atom stereocenters. The zero-order chi connectivity index (χ0) is 19.4. The van der Waals surface area contributed by atoms with Gasteiger partial charge in [-0.2, -0.15) is 4.99 Å². The van der Waals surface area contributed by atoms with Crippen molar-refractivity contribution in [1.29, 1.82) is 0 Å². The van der Waals surface area contributed by atoms with Gasteiger partial charge < -0.3 is 14.0 Å². The Kier molecular flexibility index (Phi) is 5.83. The largest absolute Gasteiger partial charge is 0.465 e. The SMILES string of the molecule is COCCn1c(=NC(=O)c2ccc(C(=O)OC)cc2)sc2cc(C)ccc21. The average molecular weight is 384 g/mol. The first-order valence-electron chi connectivity index (χ1n) is 8.40. The number of amides is 1. The summed E-state index contributed by atoms with van der Waals surface area (Å²) in [6.45, 7) is 3.16. The predicted octanol–water partition coefficient (Wildman–Crippen LogP) is 3.19. The number of nitrogens with zero attached hydrogens (tertiary/aromatic N) is 2. The molecule has 6 nitrogen and oxygen atoms in total. The molecule has 1 amide bonds. The van der Waals surface area contributed by atoms with Crippen LogP contribution in [0.5, 0.6) is 0 Å². The van der Waals surface area contributed by atoms with Gasteiger partial charge in [0.15, 0.2) is 4.80 Å². The number of aryl methyl sites for hydroxylation is 1. The second kappa shape index (κ2) is 8.28. The molecule has 3 rings (SSSR count). The number of esters is 1. The van der Waals surface area contributed by atoms with Gasteiger partial charge in [0.05, 0.1) is 29.5 Å². The lowest BCUT2D eigenvalue weighted by atomic mass is 10.1. The van der Waals surface area contributed by atoms with E-state index in [1.165, 1.54) is 18.4 Å². The average Bonchev–Trinajstić information content (AvgIpc) is 3.01. The van der Waals surface area contributed by atoms with E-state index in [9.17, 15) is 9.59 Å². The number of carbonyl (C=O) groups excluding carboxylic acids is 2. The quantitative estimate of drug-likeness (QED) is 0.634. The maximum absolute atomic E-state index is 12.6. The highest BCUT2D eigenvalue weighted by Gasteiger charge is 2.11. The third-order valence-corrected chi connectivity index (χ3v) is 5.15. The van der Waals surface area contributed by atoms with Crippen molar-refractivity contribution < 1.29 is 19.1 Å². The van der Waals surface area contributed by atoms with Crippen LogP contribution in [0.15, 0.2) is 47.5 Å². The van der Waals surface area contributed by atoms with Gasteiger partial charge in [-0.05, 0) is 48.9 Å². The molecule has 0 aliphatic heterocycles. The number of aromatic nitrogens is 1. The third-order valence-electron chi connectivity index (χ3n) is 4.11. The Labute approximate surface area is 160 Å². The van der Waals surface area contributed by atoms with E-state index in [0.29, 0.717) is 29.1 Å². The summed E-state index contributed by atoms with van der Waals surface area (Å²) in [5.74, 6) is -0.802. The van der Waals surface area contributed by atoms with Crippen molar-refractivity contribution in [3.63, 3.8) is 0 Å². The molecule has 140 valence electrons. The van der Waals surface area contributed by atoms with Gasteiger partial charge in [0, 0.05) is 19.2 Å². The van der Waals surface area contributed by atoms with Crippen LogP contribution in [0.25, 0.3) is 10.2 Å². The van der Waals surface area contributed by atoms with Crippen LogP contribution in [0.4, 0.5) is 0 Å². The molecule has 0 fully saturated rings. The molecule has 7 heteroatoms. The molecular weight excluding hydrogens is 364 g/mol. The fourth-order valence-corrected chi connectivity index (χ4v) is 3.84. The number of fused-ring (bicyclic) bond motifs is 1. The van der Waals surface area contributed by atoms with Crippen molar-refractivity contribution in [1.82, 2.24) is 4.57 Å². The number of ether oxygens (including phenoxy) is 2. The van der Waals surface area contributed by atoms with Gasteiger partial charge in [-0.25, -0.2) is 4.79 Å². The van der Waals surface area contributed by atoms with Gasteiger partial charge in [0.2, 0.25) is 0 Å². The Morgan fingerprint density at radius 2 is 1.78 bits per heavy atom. The van der Waals surface area contributed by atoms with E-state index in [2.05, 4.69) is 15.8 Å². The number of hydrogen-bond donors (Lipinski definition) is 0. The standard InChI is InChI=1S/C20H20N2O4S/c1-13-4-9-16-17(12-13)27-20(22(16)10-11-25-2)21-18(23)14-5-7-15(8-6-14)19(24)26-3/h4-9,12H,10-11H2,1-3H3. The highest BCUT2D eigenvalue weighted by molar-refractivity contribution is 7.16. The Hall–Kier alpha value is -2.77. The van der Waals surface area contributed by atoms with Crippen LogP contribution in [0.2, 0.25) is 0 Å². The van der Waals surface area contributed by atoms with Crippen molar-refractivity contribution in [3.05, 3.63) is 64.0 Å². The van der Waals surface area contributed by atoms with Gasteiger partial charge in [-0.3, -0.25) is 4.79 Å². The Bertz CT molecular complexity index is 1050. The molecule has 0 aliphatic rings. The van der Waals surface area contributed by atoms with Gasteiger partial charge >= 0.3 is 5.97 Å². The first-order chi connectivity index (χ1) is 13.0. The molecule has 0 spiro atoms. The molecule has 27 heavy (non-hydrogen) atoms. The highest BCUT2D eigenvalue weighted by Crippen LogP contribution is 2.19. The minimum Gasteiger partial charge on any atom is -0.465 e. The summed E-state index contributed by atoms with van der Waals surface area (Å²) >= 11 is 1.47. The summed E-state index contributed by atoms with van der Waals surface area (Å²) in [4.78, 5) is 29.1. The van der Waals surface area contributed by atoms with Crippen molar-refractivity contribution in [2.24, 2.45) is 4.99 Å². The number of rotatable bonds is 5. The minimum atomic E-state index is -0.441. The van der Waals surface area contributed by atoms with Gasteiger partial charge in [-0.1, -0.05) is 17.4 Å². The molecule has 1 heterocycles. The zero-order valence-electron chi connectivity index (χ0n) is 15.4. The molecule has 0 aliphatic carbocycles. The zero-order valence-corrected chi connectivity index (χ0v) is 16.2. The Morgan fingerprint density at radius 1 is 1.07 bits per heavy atom. The van der Waals surface area contributed by atoms with Gasteiger partial charge in [0.25, 0.3) is 5.91 Å². The highest BCUT2D eigenvalue weighted by atomic mass is 32.1. The predicted molar refractivity (Wildman–Crippen MR) is 104 cm³/mol. The molecule has 2 aromatic carbocycles. The number of hydrogen-bond acceptors (Lipinski definition) is 5. The van der Waals surface area contributed by atoms with E-state index in [0.717, 1.165) is 15.8 Å². The molecular formula is C20H20N2O4S. The Balaban J connectivity index is 2.01. The van der Waals surface area contributed by atoms with Crippen molar-refractivity contribution >= 4 is 33.4 Å². The molecule has 0 saturated heterocycles. The first kappa shape index (κ1) is 19.0. The van der Waals surface area contributed by atoms with Crippen LogP contribution < -0.4 is 4.80 Å². The molecule has 0 N–H and O–H groups in total. The molecule has 1 aromatic heterocycles. The summed E-state index contributed by atoms with van der Waals surface area (Å²) < 4.78 is 12.9. The van der Waals surface area contributed by atoms with Crippen molar-refractivity contribution in [2.75, 3.05) is 20.8 Å². The first-order valence-corrected chi connectivity index (χ1v) is 9.21. The third kappa shape index (κ3) is 4.15. The normalized spacial score (nSPS) is 11.7. The van der Waals surface area contributed by atoms with E-state index in [1.807, 2.05) is 23.6 Å². The smallest absolute Gasteiger partial charge is 0.337 e. The van der Waals surface area contributed by atoms with E-state index in [1.54, 1.807) is 31.4 Å². The summed E-state index contributed by atoms with van der Waals surface area (Å²) in [7, 11) is 2.96. The maximum Gasteiger partial charge on any atom is 0.337 e. The minimum absolute atomic E-state index is 0.360. The number of methoxy groups -OCH3 is 2. The molecule has 0 bridgehead atoms. The van der Waals surface area contributed by atoms with E-state index < -0.39 is 5.97 Å². The monoisotopic (exact) mass is 384 g/mol. The van der Waals surface area contributed by atoms with Crippen LogP contribution in [0.3, 0.4) is 0 Å². The number of benzene rings is 2. The number of thiazole rings is 1. The lowest BCUT2D eigenvalue weighted by Gasteiger charge is -2.04. The number of carbonyl (C=O) groups is 2. The summed E-state index contributed by atoms with van der Waals surface area (Å²) in [6.07, 6.45) is 0.